The Kier molecular flexibility index (Phi) is 13.3. The molecule has 0 saturated carbocycles. The number of halogens is 2. The highest BCUT2D eigenvalue weighted by atomic mass is 35.5. The molecule has 0 saturated heterocycles. The molecule has 0 spiro atoms. The highest BCUT2D eigenvalue weighted by Gasteiger charge is 2.40. The smallest absolute Gasteiger partial charge is 0.256 e. The fourth-order valence-electron chi connectivity index (χ4n) is 6.35. The molecule has 0 bridgehead atoms. The molecule has 0 fully saturated rings. The average molecular weight is 730 g/mol. The third-order valence-corrected chi connectivity index (χ3v) is 9.15. The number of fused-ring (bicyclic) bond motifs is 1. The maximum atomic E-state index is 14.4. The Labute approximate surface area is 311 Å². The van der Waals surface area contributed by atoms with Crippen molar-refractivity contribution in [2.75, 3.05) is 45.3 Å². The summed E-state index contributed by atoms with van der Waals surface area (Å²) in [5, 5.41) is 3.23. The molecule has 0 aromatic heterocycles. The lowest BCUT2D eigenvalue weighted by molar-refractivity contribution is -0.138. The number of carbonyl (C=O) groups excluding carboxylic acids is 2. The lowest BCUT2D eigenvalue weighted by atomic mass is 9.94. The highest BCUT2D eigenvalue weighted by molar-refractivity contribution is 6.30. The van der Waals surface area contributed by atoms with Crippen molar-refractivity contribution in [1.29, 1.82) is 0 Å². The van der Waals surface area contributed by atoms with Crippen molar-refractivity contribution in [3.63, 3.8) is 0 Å². The number of nitrogens with zero attached hydrogens (tertiary/aromatic N) is 2. The van der Waals surface area contributed by atoms with Gasteiger partial charge in [-0.15, -0.1) is 0 Å². The van der Waals surface area contributed by atoms with Gasteiger partial charge in [-0.2, -0.15) is 0 Å². The average Bonchev–Trinajstić information content (AvgIpc) is 3.21. The number of nitrogens with one attached hydrogen (secondary N) is 1. The number of methoxy groups -OCH3 is 1. The van der Waals surface area contributed by atoms with Gasteiger partial charge < -0.3 is 29.3 Å². The topological polar surface area (TPSA) is 80.3 Å². The molecule has 8 nitrogen and oxygen atoms in total. The number of aryl methyl sites for hydroxylation is 1. The number of rotatable bonds is 15. The lowest BCUT2D eigenvalue weighted by Gasteiger charge is -2.31. The van der Waals surface area contributed by atoms with Gasteiger partial charge in [-0.3, -0.25) is 9.59 Å². The summed E-state index contributed by atoms with van der Waals surface area (Å²) >= 11 is 6.59. The summed E-state index contributed by atoms with van der Waals surface area (Å²) in [4.78, 5) is 31.6. The molecule has 276 valence electrons. The second kappa shape index (κ2) is 17.9. The van der Waals surface area contributed by atoms with Gasteiger partial charge in [0, 0.05) is 47.0 Å². The number of benzene rings is 4. The van der Waals surface area contributed by atoms with Crippen LogP contribution in [0.25, 0.3) is 0 Å². The van der Waals surface area contributed by atoms with Crippen LogP contribution in [0.15, 0.2) is 91.0 Å². The number of carbonyl (C=O) groups is 2. The Hall–Kier alpha value is -4.44. The minimum atomic E-state index is -1.17. The normalized spacial score (nSPS) is 16.0. The van der Waals surface area contributed by atoms with Crippen LogP contribution in [0.4, 0.5) is 10.1 Å². The molecule has 2 amide bonds. The summed E-state index contributed by atoms with van der Waals surface area (Å²) in [7, 11) is 3.65. The number of para-hydroxylation sites is 1. The zero-order valence-electron chi connectivity index (χ0n) is 30.7. The molecule has 4 aromatic rings. The Morgan fingerprint density at radius 1 is 0.981 bits per heavy atom. The maximum absolute atomic E-state index is 14.4. The fraction of sp³-hybridized carbons (Fsp3) is 0.381. The molecule has 1 aliphatic heterocycles. The van der Waals surface area contributed by atoms with E-state index in [1.807, 2.05) is 51.1 Å². The van der Waals surface area contributed by atoms with Crippen LogP contribution in [0, 0.1) is 11.2 Å². The molecule has 5 rings (SSSR count). The molecular weight excluding hydrogens is 681 g/mol. The molecular formula is C42H49ClFN3O5. The maximum Gasteiger partial charge on any atom is 0.256 e. The number of hydrogen-bond donors (Lipinski definition) is 1. The first-order chi connectivity index (χ1) is 24.9. The quantitative estimate of drug-likeness (QED) is 0.134. The second-order valence-electron chi connectivity index (χ2n) is 14.4. The van der Waals surface area contributed by atoms with Crippen LogP contribution in [0.3, 0.4) is 0 Å². The van der Waals surface area contributed by atoms with Gasteiger partial charge in [-0.05, 0) is 67.7 Å². The van der Waals surface area contributed by atoms with E-state index in [0.717, 1.165) is 19.4 Å². The predicted molar refractivity (Wildman–Crippen MR) is 204 cm³/mol. The van der Waals surface area contributed by atoms with Gasteiger partial charge >= 0.3 is 0 Å². The standard InChI is InChI=1S/C42H49ClFN3O5/c1-42(2,3)28-47-35-21-20-31(43)25-33(35)39(52-37(41(47)49)26-38(48)45-27-30-16-9-10-18-34(30)44)32-17-11-19-36(40(32)50-5)51-24-23-46(4)22-12-15-29-13-7-6-8-14-29/h6-11,13-14,16-21,25,37,39H,12,15,22-24,26-28H2,1-5H3,(H,45,48). The first-order valence-corrected chi connectivity index (χ1v) is 18.1. The van der Waals surface area contributed by atoms with E-state index in [-0.39, 0.29) is 24.3 Å². The van der Waals surface area contributed by atoms with E-state index in [4.69, 9.17) is 25.8 Å². The Morgan fingerprint density at radius 3 is 2.46 bits per heavy atom. The van der Waals surface area contributed by atoms with Crippen molar-refractivity contribution in [2.45, 2.75) is 58.8 Å². The van der Waals surface area contributed by atoms with Crippen LogP contribution in [-0.4, -0.2) is 63.2 Å². The molecule has 2 unspecified atom stereocenters. The summed E-state index contributed by atoms with van der Waals surface area (Å²) in [6.45, 7) is 8.53. The van der Waals surface area contributed by atoms with Crippen molar-refractivity contribution < 1.29 is 28.2 Å². The van der Waals surface area contributed by atoms with Crippen LogP contribution >= 0.6 is 11.6 Å². The molecule has 4 aromatic carbocycles. The zero-order chi connectivity index (χ0) is 37.3. The SMILES string of the molecule is COc1c(OCCN(C)CCCc2ccccc2)cccc1C1OC(CC(=O)NCc2ccccc2F)C(=O)N(CC(C)(C)C)c2ccc(Cl)cc21. The molecule has 1 N–H and O–H groups in total. The molecule has 10 heteroatoms. The van der Waals surface area contributed by atoms with E-state index in [0.29, 0.717) is 58.6 Å². The first kappa shape index (κ1) is 38.8. The van der Waals surface area contributed by atoms with E-state index in [1.165, 1.54) is 11.6 Å². The van der Waals surface area contributed by atoms with Gasteiger partial charge in [0.15, 0.2) is 11.5 Å². The number of likely N-dealkylation sites (N-methyl/N-ethyl adjacent to an activating group) is 1. The van der Waals surface area contributed by atoms with Crippen molar-refractivity contribution in [2.24, 2.45) is 5.41 Å². The van der Waals surface area contributed by atoms with Gasteiger partial charge in [0.1, 0.15) is 24.6 Å². The summed E-state index contributed by atoms with van der Waals surface area (Å²) in [6, 6.07) is 27.6. The highest BCUT2D eigenvalue weighted by Crippen LogP contribution is 2.45. The number of hydrogen-bond acceptors (Lipinski definition) is 6. The van der Waals surface area contributed by atoms with Crippen LogP contribution in [-0.2, 0) is 27.3 Å². The minimum absolute atomic E-state index is 0.0210. The van der Waals surface area contributed by atoms with Crippen LogP contribution in [0.1, 0.15) is 62.0 Å². The first-order valence-electron chi connectivity index (χ1n) is 17.7. The summed E-state index contributed by atoms with van der Waals surface area (Å²) in [5.74, 6) is -0.228. The molecule has 0 aliphatic carbocycles. The number of ether oxygens (including phenoxy) is 3. The third kappa shape index (κ3) is 10.3. The zero-order valence-corrected chi connectivity index (χ0v) is 31.4. The Balaban J connectivity index is 1.39. The van der Waals surface area contributed by atoms with E-state index < -0.39 is 23.9 Å². The van der Waals surface area contributed by atoms with Crippen LogP contribution in [0.2, 0.25) is 5.02 Å². The van der Waals surface area contributed by atoms with Crippen molar-refractivity contribution in [3.05, 3.63) is 124 Å². The van der Waals surface area contributed by atoms with E-state index in [9.17, 15) is 14.0 Å². The van der Waals surface area contributed by atoms with Gasteiger partial charge in [0.05, 0.1) is 13.5 Å². The van der Waals surface area contributed by atoms with Gasteiger partial charge in [0.2, 0.25) is 5.91 Å². The van der Waals surface area contributed by atoms with Gasteiger partial charge in [-0.25, -0.2) is 4.39 Å². The molecule has 1 aliphatic rings. The molecule has 1 heterocycles. The monoisotopic (exact) mass is 729 g/mol. The van der Waals surface area contributed by atoms with Crippen LogP contribution < -0.4 is 19.7 Å². The van der Waals surface area contributed by atoms with Crippen molar-refractivity contribution in [1.82, 2.24) is 10.2 Å². The summed E-state index contributed by atoms with van der Waals surface area (Å²) in [6.07, 6.45) is -0.239. The summed E-state index contributed by atoms with van der Waals surface area (Å²) < 4.78 is 33.3. The summed E-state index contributed by atoms with van der Waals surface area (Å²) in [5.41, 5.74) is 3.30. The molecule has 0 radical (unpaired) electrons. The Bertz CT molecular complexity index is 1820. The largest absolute Gasteiger partial charge is 0.492 e. The van der Waals surface area contributed by atoms with Gasteiger partial charge in [-0.1, -0.05) is 93.0 Å². The van der Waals surface area contributed by atoms with E-state index in [2.05, 4.69) is 41.5 Å². The van der Waals surface area contributed by atoms with Crippen molar-refractivity contribution >= 4 is 29.1 Å². The van der Waals surface area contributed by atoms with Crippen molar-refractivity contribution in [3.8, 4) is 11.5 Å². The number of amides is 2. The van der Waals surface area contributed by atoms with E-state index in [1.54, 1.807) is 42.3 Å². The Morgan fingerprint density at radius 2 is 1.73 bits per heavy atom. The second-order valence-corrected chi connectivity index (χ2v) is 14.8. The fourth-order valence-corrected chi connectivity index (χ4v) is 6.53. The predicted octanol–water partition coefficient (Wildman–Crippen LogP) is 8.00. The van der Waals surface area contributed by atoms with E-state index >= 15 is 0 Å². The molecule has 52 heavy (non-hydrogen) atoms. The van der Waals surface area contributed by atoms with Crippen LogP contribution in [0.5, 0.6) is 11.5 Å². The minimum Gasteiger partial charge on any atom is -0.492 e. The van der Waals surface area contributed by atoms with Gasteiger partial charge in [0.25, 0.3) is 5.91 Å². The third-order valence-electron chi connectivity index (χ3n) is 8.92. The molecule has 2 atom stereocenters. The lowest BCUT2D eigenvalue weighted by Crippen LogP contribution is -2.45. The number of anilines is 1.